The van der Waals surface area contributed by atoms with E-state index in [0.29, 0.717) is 0 Å². The summed E-state index contributed by atoms with van der Waals surface area (Å²) in [6, 6.07) is -0.315. The van der Waals surface area contributed by atoms with Crippen molar-refractivity contribution in [2.75, 3.05) is 11.5 Å². The number of hydrogen-bond donors (Lipinski definition) is 1. The molecular formula is C12H18N4O2. The quantitative estimate of drug-likeness (QED) is 0.774. The number of carbonyl (C=O) groups is 1. The van der Waals surface area contributed by atoms with Gasteiger partial charge < -0.3 is 15.4 Å². The Labute approximate surface area is 106 Å². The Hall–Kier alpha value is -1.40. The average molecular weight is 250 g/mol. The maximum atomic E-state index is 11.7. The molecule has 0 aromatic carbocycles. The summed E-state index contributed by atoms with van der Waals surface area (Å²) < 4.78 is 7.41. The zero-order valence-corrected chi connectivity index (χ0v) is 10.5. The normalized spacial score (nSPS) is 31.8. The Kier molecular flexibility index (Phi) is 2.83. The van der Waals surface area contributed by atoms with Gasteiger partial charge in [-0.15, -0.1) is 0 Å². The molecule has 2 aliphatic heterocycles. The average Bonchev–Trinajstić information content (AvgIpc) is 3.02. The fourth-order valence-electron chi connectivity index (χ4n) is 2.58. The molecule has 18 heavy (non-hydrogen) atoms. The minimum atomic E-state index is -0.369. The summed E-state index contributed by atoms with van der Waals surface area (Å²) in [7, 11) is 0. The van der Waals surface area contributed by atoms with E-state index in [0.717, 1.165) is 31.7 Å². The van der Waals surface area contributed by atoms with Crippen molar-refractivity contribution in [2.24, 2.45) is 5.73 Å². The van der Waals surface area contributed by atoms with Gasteiger partial charge in [0.1, 0.15) is 6.04 Å². The summed E-state index contributed by atoms with van der Waals surface area (Å²) >= 11 is 0. The topological polar surface area (TPSA) is 73.4 Å². The number of anilines is 1. The second kappa shape index (κ2) is 4.37. The Bertz CT molecular complexity index is 453. The molecule has 2 aliphatic rings. The van der Waals surface area contributed by atoms with E-state index in [9.17, 15) is 4.79 Å². The summed E-state index contributed by atoms with van der Waals surface area (Å²) in [6.45, 7) is 3.54. The van der Waals surface area contributed by atoms with E-state index in [1.165, 1.54) is 0 Å². The molecule has 2 N–H and O–H groups in total. The molecule has 0 unspecified atom stereocenters. The highest BCUT2D eigenvalue weighted by molar-refractivity contribution is 6.05. The summed E-state index contributed by atoms with van der Waals surface area (Å²) in [4.78, 5) is 13.4. The van der Waals surface area contributed by atoms with Crippen molar-refractivity contribution >= 4 is 11.6 Å². The lowest BCUT2D eigenvalue weighted by Gasteiger charge is -2.42. The van der Waals surface area contributed by atoms with E-state index in [4.69, 9.17) is 10.5 Å². The van der Waals surface area contributed by atoms with Gasteiger partial charge in [-0.2, -0.15) is 5.10 Å². The van der Waals surface area contributed by atoms with Gasteiger partial charge in [0.2, 0.25) is 5.91 Å². The molecule has 0 saturated carbocycles. The van der Waals surface area contributed by atoms with Gasteiger partial charge in [0.15, 0.2) is 0 Å². The van der Waals surface area contributed by atoms with Gasteiger partial charge >= 0.3 is 0 Å². The van der Waals surface area contributed by atoms with Crippen molar-refractivity contribution < 1.29 is 9.53 Å². The highest BCUT2D eigenvalue weighted by Crippen LogP contribution is 2.26. The molecule has 3 heterocycles. The van der Waals surface area contributed by atoms with Crippen LogP contribution in [0.5, 0.6) is 0 Å². The zero-order valence-electron chi connectivity index (χ0n) is 10.5. The lowest BCUT2D eigenvalue weighted by Crippen LogP contribution is -2.67. The molecule has 0 aliphatic carbocycles. The maximum absolute atomic E-state index is 11.7. The van der Waals surface area contributed by atoms with Crippen LogP contribution in [0.15, 0.2) is 12.4 Å². The SMILES string of the molecule is C[C@@H]1[C@H](N)C(=O)N1c1cnn(C[C@@H]2CCCO2)c1. The van der Waals surface area contributed by atoms with Crippen molar-refractivity contribution in [1.29, 1.82) is 0 Å². The first kappa shape index (κ1) is 11.7. The zero-order chi connectivity index (χ0) is 12.7. The third-order valence-corrected chi connectivity index (χ3v) is 3.76. The van der Waals surface area contributed by atoms with Crippen molar-refractivity contribution in [3.8, 4) is 0 Å². The third-order valence-electron chi connectivity index (χ3n) is 3.76. The smallest absolute Gasteiger partial charge is 0.246 e. The highest BCUT2D eigenvalue weighted by Gasteiger charge is 2.43. The Balaban J connectivity index is 1.68. The molecule has 2 fully saturated rings. The summed E-state index contributed by atoms with van der Waals surface area (Å²) in [5, 5.41) is 4.28. The molecular weight excluding hydrogens is 232 g/mol. The first-order valence-electron chi connectivity index (χ1n) is 6.39. The number of nitrogens with zero attached hydrogens (tertiary/aromatic N) is 3. The number of carbonyl (C=O) groups excluding carboxylic acids is 1. The molecule has 0 spiro atoms. The van der Waals surface area contributed by atoms with Crippen LogP contribution in [0.2, 0.25) is 0 Å². The summed E-state index contributed by atoms with van der Waals surface area (Å²) in [5.74, 6) is -0.0285. The number of rotatable bonds is 3. The monoisotopic (exact) mass is 250 g/mol. The Morgan fingerprint density at radius 3 is 3.11 bits per heavy atom. The van der Waals surface area contributed by atoms with Gasteiger partial charge in [0.25, 0.3) is 0 Å². The molecule has 3 rings (SSSR count). The van der Waals surface area contributed by atoms with E-state index in [1.54, 1.807) is 11.1 Å². The highest BCUT2D eigenvalue weighted by atomic mass is 16.5. The molecule has 6 nitrogen and oxygen atoms in total. The molecule has 6 heteroatoms. The second-order valence-corrected chi connectivity index (χ2v) is 5.03. The molecule has 3 atom stereocenters. The fraction of sp³-hybridized carbons (Fsp3) is 0.667. The van der Waals surface area contributed by atoms with E-state index in [2.05, 4.69) is 5.10 Å². The van der Waals surface area contributed by atoms with Gasteiger partial charge in [-0.25, -0.2) is 0 Å². The molecule has 1 aromatic rings. The molecule has 0 radical (unpaired) electrons. The van der Waals surface area contributed by atoms with Crippen LogP contribution >= 0.6 is 0 Å². The van der Waals surface area contributed by atoms with Gasteiger partial charge in [0, 0.05) is 12.8 Å². The first-order chi connectivity index (χ1) is 8.66. The van der Waals surface area contributed by atoms with E-state index in [1.807, 2.05) is 17.8 Å². The van der Waals surface area contributed by atoms with Crippen molar-refractivity contribution in [3.05, 3.63) is 12.4 Å². The molecule has 2 saturated heterocycles. The standard InChI is InChI=1S/C12H18N4O2/c1-8-11(13)12(17)16(8)9-5-14-15(6-9)7-10-3-2-4-18-10/h5-6,8,10-11H,2-4,7,13H2,1H3/t8-,10+,11+/m1/s1. The Morgan fingerprint density at radius 1 is 1.61 bits per heavy atom. The van der Waals surface area contributed by atoms with Crippen LogP contribution in [0.25, 0.3) is 0 Å². The van der Waals surface area contributed by atoms with Gasteiger partial charge in [-0.3, -0.25) is 9.48 Å². The van der Waals surface area contributed by atoms with Crippen LogP contribution in [0.1, 0.15) is 19.8 Å². The van der Waals surface area contributed by atoms with E-state index >= 15 is 0 Å². The van der Waals surface area contributed by atoms with Crippen molar-refractivity contribution in [2.45, 2.75) is 44.5 Å². The van der Waals surface area contributed by atoms with Crippen LogP contribution in [0.4, 0.5) is 5.69 Å². The predicted molar refractivity (Wildman–Crippen MR) is 66.1 cm³/mol. The van der Waals surface area contributed by atoms with E-state index < -0.39 is 0 Å². The first-order valence-corrected chi connectivity index (χ1v) is 6.39. The van der Waals surface area contributed by atoms with Crippen LogP contribution in [-0.2, 0) is 16.1 Å². The summed E-state index contributed by atoms with van der Waals surface area (Å²) in [5.41, 5.74) is 6.52. The number of ether oxygens (including phenoxy) is 1. The second-order valence-electron chi connectivity index (χ2n) is 5.03. The fourth-order valence-corrected chi connectivity index (χ4v) is 2.58. The number of amides is 1. The van der Waals surface area contributed by atoms with Gasteiger partial charge in [-0.05, 0) is 19.8 Å². The number of hydrogen-bond acceptors (Lipinski definition) is 4. The van der Waals surface area contributed by atoms with Crippen LogP contribution in [0, 0.1) is 0 Å². The minimum absolute atomic E-state index is 0.0285. The maximum Gasteiger partial charge on any atom is 0.246 e. The molecule has 0 bridgehead atoms. The molecule has 1 amide bonds. The third kappa shape index (κ3) is 1.81. The van der Waals surface area contributed by atoms with Crippen molar-refractivity contribution in [3.63, 3.8) is 0 Å². The molecule has 1 aromatic heterocycles. The van der Waals surface area contributed by atoms with Crippen LogP contribution in [0.3, 0.4) is 0 Å². The van der Waals surface area contributed by atoms with Gasteiger partial charge in [0.05, 0.1) is 30.6 Å². The molecule has 98 valence electrons. The Morgan fingerprint density at radius 2 is 2.44 bits per heavy atom. The van der Waals surface area contributed by atoms with Crippen molar-refractivity contribution in [1.82, 2.24) is 9.78 Å². The number of aromatic nitrogens is 2. The predicted octanol–water partition coefficient (Wildman–Crippen LogP) is 0.124. The lowest BCUT2D eigenvalue weighted by molar-refractivity contribution is -0.125. The minimum Gasteiger partial charge on any atom is -0.376 e. The lowest BCUT2D eigenvalue weighted by atomic mass is 9.97. The number of β-lactam (4-membered cyclic amide) rings is 1. The largest absolute Gasteiger partial charge is 0.376 e. The summed E-state index contributed by atoms with van der Waals surface area (Å²) in [6.07, 6.45) is 6.07. The van der Waals surface area contributed by atoms with Gasteiger partial charge in [-0.1, -0.05) is 0 Å². The van der Waals surface area contributed by atoms with Crippen LogP contribution in [-0.4, -0.2) is 40.5 Å². The number of nitrogens with two attached hydrogens (primary N) is 1. The van der Waals surface area contributed by atoms with Crippen LogP contribution < -0.4 is 10.6 Å². The van der Waals surface area contributed by atoms with E-state index in [-0.39, 0.29) is 24.1 Å².